The first kappa shape index (κ1) is 15.8. The van der Waals surface area contributed by atoms with Crippen molar-refractivity contribution in [1.29, 1.82) is 5.39 Å². The van der Waals surface area contributed by atoms with E-state index in [2.05, 4.69) is 17.2 Å². The minimum absolute atomic E-state index is 0. The molecule has 0 amide bonds. The van der Waals surface area contributed by atoms with Gasteiger partial charge in [-0.05, 0) is 30.7 Å². The van der Waals surface area contributed by atoms with Crippen molar-refractivity contribution in [1.82, 2.24) is 0 Å². The second kappa shape index (κ2) is 8.03. The largest absolute Gasteiger partial charge is 1.00 e. The van der Waals surface area contributed by atoms with Crippen LogP contribution >= 0.6 is 0 Å². The van der Waals surface area contributed by atoms with Gasteiger partial charge in [0.25, 0.3) is 0 Å². The molecule has 0 saturated carbocycles. The van der Waals surface area contributed by atoms with Crippen LogP contribution in [0.4, 0.5) is 17.1 Å². The molecule has 0 spiro atoms. The first-order valence-corrected chi connectivity index (χ1v) is 6.27. The van der Waals surface area contributed by atoms with E-state index in [1.54, 1.807) is 12.1 Å². The van der Waals surface area contributed by atoms with E-state index in [4.69, 9.17) is 10.1 Å². The van der Waals surface area contributed by atoms with Crippen molar-refractivity contribution < 1.29 is 17.1 Å². The maximum Gasteiger partial charge on any atom is 0.385 e. The molecule has 0 bridgehead atoms. The van der Waals surface area contributed by atoms with Crippen LogP contribution in [0.15, 0.2) is 48.5 Å². The first-order valence-electron chi connectivity index (χ1n) is 6.27. The van der Waals surface area contributed by atoms with E-state index in [0.717, 1.165) is 30.2 Å². The molecular weight excluding hydrogens is 274 g/mol. The van der Waals surface area contributed by atoms with Crippen LogP contribution in [0.25, 0.3) is 4.98 Å². The zero-order valence-corrected chi connectivity index (χ0v) is 12.0. The average Bonchev–Trinajstić information content (AvgIpc) is 2.46. The summed E-state index contributed by atoms with van der Waals surface area (Å²) in [4.78, 5) is 3.12. The molecule has 0 aliphatic carbocycles. The Balaban J connectivity index is 0.00000200. The van der Waals surface area contributed by atoms with Gasteiger partial charge in [-0.1, -0.05) is 13.0 Å². The molecule has 104 valence electrons. The summed E-state index contributed by atoms with van der Waals surface area (Å²) in [6, 6.07) is 15.0. The molecule has 1 N–H and O–H groups in total. The van der Waals surface area contributed by atoms with E-state index >= 15 is 0 Å². The summed E-state index contributed by atoms with van der Waals surface area (Å²) in [7, 11) is 0. The summed E-state index contributed by atoms with van der Waals surface area (Å²) in [6.45, 7) is 2.80. The van der Waals surface area contributed by atoms with Gasteiger partial charge in [0.15, 0.2) is 4.98 Å². The molecule has 0 heterocycles. The number of benzene rings is 2. The second-order valence-electron chi connectivity index (χ2n) is 4.15. The molecule has 2 rings (SSSR count). The van der Waals surface area contributed by atoms with Crippen LogP contribution in [0.3, 0.4) is 0 Å². The van der Waals surface area contributed by atoms with Crippen molar-refractivity contribution in [2.75, 3.05) is 11.9 Å². The highest BCUT2D eigenvalue weighted by Crippen LogP contribution is 2.23. The van der Waals surface area contributed by atoms with Crippen LogP contribution in [0.1, 0.15) is 13.3 Å². The van der Waals surface area contributed by atoms with Crippen LogP contribution in [0.2, 0.25) is 0 Å². The van der Waals surface area contributed by atoms with E-state index in [1.165, 1.54) is 0 Å². The van der Waals surface area contributed by atoms with E-state index < -0.39 is 0 Å². The summed E-state index contributed by atoms with van der Waals surface area (Å²) in [5, 5.41) is 11.9. The predicted molar refractivity (Wildman–Crippen MR) is 76.7 cm³/mol. The Kier molecular flexibility index (Phi) is 6.34. The molecule has 20 heavy (non-hydrogen) atoms. The number of rotatable bonds is 5. The summed E-state index contributed by atoms with van der Waals surface area (Å²) in [5.41, 5.74) is 2.42. The van der Waals surface area contributed by atoms with Gasteiger partial charge < -0.3 is 22.5 Å². The van der Waals surface area contributed by atoms with E-state index in [9.17, 15) is 0 Å². The monoisotopic (exact) mass is 289 g/mol. The van der Waals surface area contributed by atoms with E-state index in [-0.39, 0.29) is 12.4 Å². The molecule has 5 heteroatoms. The molecule has 0 aromatic heterocycles. The molecule has 0 unspecified atom stereocenters. The van der Waals surface area contributed by atoms with Gasteiger partial charge in [-0.15, -0.1) is 0 Å². The third kappa shape index (κ3) is 4.45. The Bertz CT molecular complexity index is 578. The molecule has 0 radical (unpaired) electrons. The van der Waals surface area contributed by atoms with Crippen LogP contribution in [-0.2, 0) is 0 Å². The van der Waals surface area contributed by atoms with Gasteiger partial charge in [0.05, 0.1) is 6.61 Å². The molecule has 4 nitrogen and oxygen atoms in total. The topological polar surface area (TPSA) is 49.4 Å². The molecule has 0 saturated heterocycles. The second-order valence-corrected chi connectivity index (χ2v) is 4.15. The van der Waals surface area contributed by atoms with Gasteiger partial charge in [-0.25, -0.2) is 0 Å². The number of diazo groups is 1. The Labute approximate surface area is 124 Å². The Hall–Kier alpha value is -2.25. The molecule has 0 aliphatic rings. The smallest absolute Gasteiger partial charge is 0.385 e. The SMILES string of the molecule is CCCOc1cccc(Nc2ccc([N+]#N)cc2)c1.[Cl-]. The predicted octanol–water partition coefficient (Wildman–Crippen LogP) is 1.71. The van der Waals surface area contributed by atoms with Gasteiger partial charge in [0.1, 0.15) is 5.75 Å². The lowest BCUT2D eigenvalue weighted by molar-refractivity contribution is -0.00000456. The van der Waals surface area contributed by atoms with E-state index in [1.807, 2.05) is 36.4 Å². The summed E-state index contributed by atoms with van der Waals surface area (Å²) in [6.07, 6.45) is 0.990. The van der Waals surface area contributed by atoms with Gasteiger partial charge in [-0.2, -0.15) is 0 Å². The van der Waals surface area contributed by atoms with Crippen molar-refractivity contribution >= 4 is 17.1 Å². The summed E-state index contributed by atoms with van der Waals surface area (Å²) < 4.78 is 5.58. The van der Waals surface area contributed by atoms with Crippen LogP contribution in [0, 0.1) is 5.39 Å². The summed E-state index contributed by atoms with van der Waals surface area (Å²) >= 11 is 0. The molecule has 2 aromatic rings. The maximum atomic E-state index is 8.63. The highest BCUT2D eigenvalue weighted by atomic mass is 35.5. The number of anilines is 2. The number of ether oxygens (including phenoxy) is 1. The third-order valence-corrected chi connectivity index (χ3v) is 2.58. The number of nitrogens with one attached hydrogen (secondary N) is 1. The van der Waals surface area contributed by atoms with Gasteiger partial charge in [0.2, 0.25) is 5.39 Å². The lowest BCUT2D eigenvalue weighted by Gasteiger charge is -2.09. The minimum atomic E-state index is 0. The highest BCUT2D eigenvalue weighted by Gasteiger charge is 2.03. The zero-order chi connectivity index (χ0) is 13.5. The first-order chi connectivity index (χ1) is 9.31. The number of halogens is 1. The summed E-state index contributed by atoms with van der Waals surface area (Å²) in [5.74, 6) is 0.855. The van der Waals surface area contributed by atoms with Crippen molar-refractivity contribution in [3.05, 3.63) is 53.5 Å². The molecule has 0 fully saturated rings. The number of nitrogens with zero attached hydrogens (tertiary/aromatic N) is 2. The highest BCUT2D eigenvalue weighted by molar-refractivity contribution is 5.63. The maximum absolute atomic E-state index is 8.63. The fourth-order valence-corrected chi connectivity index (χ4v) is 1.66. The van der Waals surface area contributed by atoms with Crippen LogP contribution in [-0.4, -0.2) is 6.61 Å². The van der Waals surface area contributed by atoms with Gasteiger partial charge >= 0.3 is 5.69 Å². The quantitative estimate of drug-likeness (QED) is 0.853. The fourth-order valence-electron chi connectivity index (χ4n) is 1.66. The Morgan fingerprint density at radius 2 is 1.85 bits per heavy atom. The molecular formula is C15H16ClN3O. The molecule has 0 atom stereocenters. The van der Waals surface area contributed by atoms with Crippen LogP contribution in [0.5, 0.6) is 5.75 Å². The van der Waals surface area contributed by atoms with E-state index in [0.29, 0.717) is 5.69 Å². The van der Waals surface area contributed by atoms with Gasteiger partial charge in [0, 0.05) is 29.6 Å². The average molecular weight is 290 g/mol. The lowest BCUT2D eigenvalue weighted by atomic mass is 10.2. The number of hydrogen-bond donors (Lipinski definition) is 1. The lowest BCUT2D eigenvalue weighted by Crippen LogP contribution is -3.00. The normalized spacial score (nSPS) is 9.20. The van der Waals surface area contributed by atoms with Crippen molar-refractivity contribution in [2.24, 2.45) is 0 Å². The van der Waals surface area contributed by atoms with Crippen molar-refractivity contribution in [2.45, 2.75) is 13.3 Å². The minimum Gasteiger partial charge on any atom is -1.00 e. The zero-order valence-electron chi connectivity index (χ0n) is 11.2. The Morgan fingerprint density at radius 3 is 2.50 bits per heavy atom. The molecule has 2 aromatic carbocycles. The Morgan fingerprint density at radius 1 is 1.10 bits per heavy atom. The standard InChI is InChI=1S/C15H16N3O.ClH/c1-2-10-19-15-5-3-4-14(11-15)17-12-6-8-13(18-16)9-7-12;/h3-9,11,17H,2,10H2,1H3;1H/q+1;/p-1. The molecule has 0 aliphatic heterocycles. The third-order valence-electron chi connectivity index (χ3n) is 2.58. The fraction of sp³-hybridized carbons (Fsp3) is 0.200. The van der Waals surface area contributed by atoms with Crippen molar-refractivity contribution in [3.8, 4) is 5.75 Å². The number of hydrogen-bond acceptors (Lipinski definition) is 3. The van der Waals surface area contributed by atoms with Gasteiger partial charge in [-0.3, -0.25) is 0 Å². The van der Waals surface area contributed by atoms with Crippen molar-refractivity contribution in [3.63, 3.8) is 0 Å². The van der Waals surface area contributed by atoms with Crippen LogP contribution < -0.4 is 22.5 Å².